The molecule has 0 saturated heterocycles. The number of nitrogens with one attached hydrogen (secondary N) is 1. The average molecular weight is 342 g/mol. The van der Waals surface area contributed by atoms with Crippen molar-refractivity contribution >= 4 is 22.6 Å². The van der Waals surface area contributed by atoms with Crippen molar-refractivity contribution in [1.29, 1.82) is 0 Å². The van der Waals surface area contributed by atoms with Crippen molar-refractivity contribution in [3.8, 4) is 5.88 Å². The highest BCUT2D eigenvalue weighted by molar-refractivity contribution is 14.1. The summed E-state index contributed by atoms with van der Waals surface area (Å²) >= 11 is 1.77. The summed E-state index contributed by atoms with van der Waals surface area (Å²) in [7, 11) is 0. The maximum absolute atomic E-state index is 11.4. The zero-order valence-corrected chi connectivity index (χ0v) is 11.1. The molecule has 1 heterocycles. The minimum atomic E-state index is -0.291. The molecule has 0 unspecified atom stereocenters. The van der Waals surface area contributed by atoms with Crippen LogP contribution in [0.1, 0.15) is 11.4 Å². The van der Waals surface area contributed by atoms with Gasteiger partial charge < -0.3 is 10.1 Å². The summed E-state index contributed by atoms with van der Waals surface area (Å²) in [6.45, 7) is 0. The highest BCUT2D eigenvalue weighted by atomic mass is 127. The highest BCUT2D eigenvalue weighted by Gasteiger charge is 2.07. The van der Waals surface area contributed by atoms with E-state index in [2.05, 4.69) is 9.97 Å². The Bertz CT molecular complexity index is 566. The number of H-pyrrole nitrogens is 1. The van der Waals surface area contributed by atoms with Gasteiger partial charge in [-0.1, -0.05) is 30.3 Å². The van der Waals surface area contributed by atoms with Gasteiger partial charge in [0.25, 0.3) is 5.56 Å². The predicted molar refractivity (Wildman–Crippen MR) is 73.1 cm³/mol. The quantitative estimate of drug-likeness (QED) is 0.837. The van der Waals surface area contributed by atoms with Gasteiger partial charge in [0.05, 0.1) is 0 Å². The van der Waals surface area contributed by atoms with E-state index in [9.17, 15) is 9.90 Å². The number of hydrogen-bond donors (Lipinski definition) is 2. The topological polar surface area (TPSA) is 66.0 Å². The minimum Gasteiger partial charge on any atom is -0.492 e. The molecule has 5 heteroatoms. The van der Waals surface area contributed by atoms with Crippen molar-refractivity contribution in [3.05, 3.63) is 55.6 Å². The van der Waals surface area contributed by atoms with Gasteiger partial charge in [0.2, 0.25) is 5.88 Å². The Balaban J connectivity index is 2.13. The van der Waals surface area contributed by atoms with Crippen LogP contribution in [-0.4, -0.2) is 15.1 Å². The van der Waals surface area contributed by atoms with E-state index in [-0.39, 0.29) is 15.0 Å². The van der Waals surface area contributed by atoms with Gasteiger partial charge in [-0.15, -0.1) is 0 Å². The van der Waals surface area contributed by atoms with E-state index in [0.29, 0.717) is 12.2 Å². The molecule has 2 aromatic rings. The normalized spacial score (nSPS) is 10.4. The standard InChI is InChI=1S/C12H11IN2O2/c13-10-11(16)14-9(15-12(10)17)7-6-8-4-2-1-3-5-8/h1-5H,6-7H2,(H2,14,15,16,17). The highest BCUT2D eigenvalue weighted by Crippen LogP contribution is 2.11. The molecule has 0 radical (unpaired) electrons. The second-order valence-electron chi connectivity index (χ2n) is 3.64. The van der Waals surface area contributed by atoms with Crippen molar-refractivity contribution in [2.24, 2.45) is 0 Å². The van der Waals surface area contributed by atoms with Gasteiger partial charge >= 0.3 is 0 Å². The summed E-state index contributed by atoms with van der Waals surface area (Å²) in [6, 6.07) is 9.93. The SMILES string of the molecule is O=c1[nH]c(CCc2ccccc2)nc(O)c1I. The Morgan fingerprint density at radius 3 is 2.59 bits per heavy atom. The lowest BCUT2D eigenvalue weighted by molar-refractivity contribution is 0.443. The summed E-state index contributed by atoms with van der Waals surface area (Å²) in [5.74, 6) is 0.314. The van der Waals surface area contributed by atoms with Gasteiger partial charge in [-0.05, 0) is 34.6 Å². The van der Waals surface area contributed by atoms with Crippen LogP contribution < -0.4 is 5.56 Å². The summed E-state index contributed by atoms with van der Waals surface area (Å²) in [5, 5.41) is 9.44. The molecule has 0 aliphatic carbocycles. The number of nitrogens with zero attached hydrogens (tertiary/aromatic N) is 1. The van der Waals surface area contributed by atoms with E-state index in [4.69, 9.17) is 0 Å². The molecule has 0 aliphatic heterocycles. The third-order valence-electron chi connectivity index (χ3n) is 2.39. The molecule has 17 heavy (non-hydrogen) atoms. The lowest BCUT2D eigenvalue weighted by Gasteiger charge is -2.02. The van der Waals surface area contributed by atoms with E-state index < -0.39 is 0 Å². The Hall–Kier alpha value is -1.37. The molecular formula is C12H11IN2O2. The molecule has 0 fully saturated rings. The second-order valence-corrected chi connectivity index (χ2v) is 4.71. The minimum absolute atomic E-state index is 0.197. The lowest BCUT2D eigenvalue weighted by Crippen LogP contribution is -2.14. The molecule has 1 aromatic carbocycles. The molecule has 0 aliphatic rings. The third kappa shape index (κ3) is 3.06. The molecule has 1 aromatic heterocycles. The molecule has 0 bridgehead atoms. The van der Waals surface area contributed by atoms with Crippen LogP contribution >= 0.6 is 22.6 Å². The molecule has 2 N–H and O–H groups in total. The fraction of sp³-hybridized carbons (Fsp3) is 0.167. The maximum Gasteiger partial charge on any atom is 0.268 e. The molecule has 0 spiro atoms. The number of benzene rings is 1. The van der Waals surface area contributed by atoms with Gasteiger partial charge in [-0.25, -0.2) is 0 Å². The van der Waals surface area contributed by atoms with Crippen molar-refractivity contribution in [3.63, 3.8) is 0 Å². The number of hydrogen-bond acceptors (Lipinski definition) is 3. The van der Waals surface area contributed by atoms with Crippen LogP contribution in [0.4, 0.5) is 0 Å². The van der Waals surface area contributed by atoms with E-state index in [1.54, 1.807) is 22.6 Å². The smallest absolute Gasteiger partial charge is 0.268 e. The molecule has 0 amide bonds. The van der Waals surface area contributed by atoms with Gasteiger partial charge in [0, 0.05) is 6.42 Å². The monoisotopic (exact) mass is 342 g/mol. The molecule has 2 rings (SSSR count). The fourth-order valence-corrected chi connectivity index (χ4v) is 1.77. The van der Waals surface area contributed by atoms with Crippen molar-refractivity contribution in [2.75, 3.05) is 0 Å². The first-order valence-electron chi connectivity index (χ1n) is 5.18. The molecule has 0 saturated carbocycles. The summed E-state index contributed by atoms with van der Waals surface area (Å²) in [4.78, 5) is 18.0. The van der Waals surface area contributed by atoms with Crippen LogP contribution in [0.15, 0.2) is 35.1 Å². The number of aromatic hydroxyl groups is 1. The first-order chi connectivity index (χ1) is 8.16. The number of rotatable bonds is 3. The number of aromatic nitrogens is 2. The Morgan fingerprint density at radius 1 is 1.24 bits per heavy atom. The largest absolute Gasteiger partial charge is 0.492 e. The van der Waals surface area contributed by atoms with Gasteiger partial charge in [0.15, 0.2) is 0 Å². The third-order valence-corrected chi connectivity index (χ3v) is 3.36. The van der Waals surface area contributed by atoms with Gasteiger partial charge in [-0.3, -0.25) is 4.79 Å². The zero-order valence-electron chi connectivity index (χ0n) is 8.98. The van der Waals surface area contributed by atoms with Crippen LogP contribution in [0.5, 0.6) is 5.88 Å². The van der Waals surface area contributed by atoms with E-state index in [1.165, 1.54) is 5.56 Å². The molecule has 4 nitrogen and oxygen atoms in total. The summed E-state index contributed by atoms with van der Waals surface area (Å²) < 4.78 is 0.228. The predicted octanol–water partition coefficient (Wildman–Crippen LogP) is 1.87. The Kier molecular flexibility index (Phi) is 3.78. The van der Waals surface area contributed by atoms with Crippen molar-refractivity contribution < 1.29 is 5.11 Å². The maximum atomic E-state index is 11.4. The molecule has 88 valence electrons. The van der Waals surface area contributed by atoms with E-state index in [0.717, 1.165) is 6.42 Å². The summed E-state index contributed by atoms with van der Waals surface area (Å²) in [5.41, 5.74) is 0.884. The van der Waals surface area contributed by atoms with Gasteiger partial charge in [-0.2, -0.15) is 4.98 Å². The number of halogens is 1. The molecular weight excluding hydrogens is 331 g/mol. The van der Waals surface area contributed by atoms with Crippen LogP contribution in [-0.2, 0) is 12.8 Å². The van der Waals surface area contributed by atoms with E-state index in [1.807, 2.05) is 30.3 Å². The fourth-order valence-electron chi connectivity index (χ4n) is 1.52. The van der Waals surface area contributed by atoms with E-state index >= 15 is 0 Å². The second kappa shape index (κ2) is 5.31. The van der Waals surface area contributed by atoms with Crippen LogP contribution in [0, 0.1) is 3.57 Å². The van der Waals surface area contributed by atoms with Crippen molar-refractivity contribution in [2.45, 2.75) is 12.8 Å². The Morgan fingerprint density at radius 2 is 1.94 bits per heavy atom. The Labute approximate surface area is 112 Å². The van der Waals surface area contributed by atoms with Crippen LogP contribution in [0.25, 0.3) is 0 Å². The van der Waals surface area contributed by atoms with Crippen LogP contribution in [0.2, 0.25) is 0 Å². The van der Waals surface area contributed by atoms with Gasteiger partial charge in [0.1, 0.15) is 9.39 Å². The van der Waals surface area contributed by atoms with Crippen molar-refractivity contribution in [1.82, 2.24) is 9.97 Å². The number of aryl methyl sites for hydroxylation is 2. The molecule has 0 atom stereocenters. The number of aromatic amines is 1. The summed E-state index contributed by atoms with van der Waals surface area (Å²) in [6.07, 6.45) is 1.38. The lowest BCUT2D eigenvalue weighted by atomic mass is 10.1. The first kappa shape index (κ1) is 12.1. The van der Waals surface area contributed by atoms with Crippen LogP contribution in [0.3, 0.4) is 0 Å². The zero-order chi connectivity index (χ0) is 12.3. The first-order valence-corrected chi connectivity index (χ1v) is 6.26. The average Bonchev–Trinajstić information content (AvgIpc) is 2.34.